The molecule has 1 N–H and O–H groups in total. The van der Waals surface area contributed by atoms with Crippen LogP contribution in [0.5, 0.6) is 0 Å². The van der Waals surface area contributed by atoms with Crippen molar-refractivity contribution in [3.05, 3.63) is 35.9 Å². The van der Waals surface area contributed by atoms with E-state index in [1.165, 1.54) is 31.5 Å². The molecule has 1 aromatic rings. The van der Waals surface area contributed by atoms with Crippen LogP contribution in [0.2, 0.25) is 0 Å². The van der Waals surface area contributed by atoms with Crippen LogP contribution in [0.25, 0.3) is 0 Å². The lowest BCUT2D eigenvalue weighted by Gasteiger charge is -2.51. The molecule has 5 rings (SSSR count). The summed E-state index contributed by atoms with van der Waals surface area (Å²) in [7, 11) is 0. The van der Waals surface area contributed by atoms with Gasteiger partial charge in [-0.15, -0.1) is 0 Å². The van der Waals surface area contributed by atoms with Crippen LogP contribution in [0.4, 0.5) is 0 Å². The number of nitrogens with one attached hydrogen (secondary N) is 1. The maximum absolute atomic E-state index is 12.9. The van der Waals surface area contributed by atoms with Gasteiger partial charge in [0.05, 0.1) is 5.92 Å². The van der Waals surface area contributed by atoms with Crippen molar-refractivity contribution in [3.8, 4) is 0 Å². The van der Waals surface area contributed by atoms with E-state index in [1.54, 1.807) is 0 Å². The molecule has 0 aliphatic carbocycles. The van der Waals surface area contributed by atoms with E-state index in [-0.39, 0.29) is 11.3 Å². The maximum Gasteiger partial charge on any atom is 0.225 e. The Balaban J connectivity index is 1.26. The Morgan fingerprint density at radius 3 is 2.64 bits per heavy atom. The smallest absolute Gasteiger partial charge is 0.225 e. The molecule has 4 fully saturated rings. The van der Waals surface area contributed by atoms with Crippen LogP contribution >= 0.6 is 0 Å². The summed E-state index contributed by atoms with van der Waals surface area (Å²) in [5, 5.41) is 3.38. The quantitative estimate of drug-likeness (QED) is 0.891. The van der Waals surface area contributed by atoms with Gasteiger partial charge < -0.3 is 15.1 Å². The molecule has 0 aromatic heterocycles. The molecule has 1 unspecified atom stereocenters. The highest BCUT2D eigenvalue weighted by Gasteiger charge is 2.47. The normalized spacial score (nSPS) is 35.0. The number of rotatable bonds is 5. The first-order valence-electron chi connectivity index (χ1n) is 9.91. The molecule has 0 saturated carbocycles. The van der Waals surface area contributed by atoms with Crippen LogP contribution in [0, 0.1) is 11.3 Å². The minimum atomic E-state index is 0.188. The van der Waals surface area contributed by atoms with Gasteiger partial charge in [-0.05, 0) is 49.8 Å². The molecule has 1 aromatic carbocycles. The molecule has 1 amide bonds. The number of carbonyl (C=O) groups is 1. The molecule has 25 heavy (non-hydrogen) atoms. The van der Waals surface area contributed by atoms with E-state index < -0.39 is 0 Å². The van der Waals surface area contributed by atoms with Crippen LogP contribution in [-0.4, -0.2) is 61.0 Å². The molecule has 2 bridgehead atoms. The van der Waals surface area contributed by atoms with Crippen molar-refractivity contribution < 1.29 is 4.79 Å². The number of likely N-dealkylation sites (tertiary alicyclic amines) is 1. The standard InChI is InChI=1S/C21H31N3O/c1-21-9-13-24(14-10-21)16-19(21)20(25)22-18-8-12-23(15-18)11-7-17-5-3-2-4-6-17/h2-6,18-19H,7-16H2,1H3,(H,22,25)/t18?,19-/m0/s1. The summed E-state index contributed by atoms with van der Waals surface area (Å²) < 4.78 is 0. The Morgan fingerprint density at radius 1 is 1.16 bits per heavy atom. The Morgan fingerprint density at radius 2 is 1.92 bits per heavy atom. The summed E-state index contributed by atoms with van der Waals surface area (Å²) in [6.45, 7) is 8.85. The van der Waals surface area contributed by atoms with E-state index in [2.05, 4.69) is 52.4 Å². The zero-order chi connectivity index (χ0) is 17.3. The van der Waals surface area contributed by atoms with E-state index in [0.717, 1.165) is 39.0 Å². The highest BCUT2D eigenvalue weighted by molar-refractivity contribution is 5.80. The highest BCUT2D eigenvalue weighted by atomic mass is 16.2. The lowest BCUT2D eigenvalue weighted by molar-refractivity contribution is -0.137. The first kappa shape index (κ1) is 17.0. The molecule has 4 aliphatic heterocycles. The van der Waals surface area contributed by atoms with E-state index >= 15 is 0 Å². The fourth-order valence-electron chi connectivity index (χ4n) is 4.86. The van der Waals surface area contributed by atoms with E-state index in [1.807, 2.05) is 0 Å². The van der Waals surface area contributed by atoms with Gasteiger partial charge in [-0.2, -0.15) is 0 Å². The first-order valence-corrected chi connectivity index (χ1v) is 9.91. The minimum absolute atomic E-state index is 0.188. The number of carbonyl (C=O) groups excluding carboxylic acids is 1. The van der Waals surface area contributed by atoms with E-state index in [0.29, 0.717) is 11.9 Å². The van der Waals surface area contributed by atoms with Gasteiger partial charge >= 0.3 is 0 Å². The van der Waals surface area contributed by atoms with Gasteiger partial charge in [0.2, 0.25) is 5.91 Å². The zero-order valence-electron chi connectivity index (χ0n) is 15.4. The summed E-state index contributed by atoms with van der Waals surface area (Å²) in [5.41, 5.74) is 1.62. The Bertz CT molecular complexity index is 594. The molecule has 4 heterocycles. The summed E-state index contributed by atoms with van der Waals surface area (Å²) in [6, 6.07) is 11.0. The number of nitrogens with zero attached hydrogens (tertiary/aromatic N) is 2. The molecule has 4 heteroatoms. The number of piperidine rings is 3. The second-order valence-corrected chi connectivity index (χ2v) is 8.54. The van der Waals surface area contributed by atoms with Crippen LogP contribution in [0.15, 0.2) is 30.3 Å². The summed E-state index contributed by atoms with van der Waals surface area (Å²) in [4.78, 5) is 17.8. The lowest BCUT2D eigenvalue weighted by atomic mass is 9.66. The van der Waals surface area contributed by atoms with E-state index in [9.17, 15) is 4.79 Å². The van der Waals surface area contributed by atoms with Crippen molar-refractivity contribution in [3.63, 3.8) is 0 Å². The lowest BCUT2D eigenvalue weighted by Crippen LogP contribution is -2.58. The molecule has 0 spiro atoms. The maximum atomic E-state index is 12.9. The summed E-state index contributed by atoms with van der Waals surface area (Å²) in [6.07, 6.45) is 4.54. The van der Waals surface area contributed by atoms with Crippen LogP contribution in [0.3, 0.4) is 0 Å². The van der Waals surface area contributed by atoms with Gasteiger partial charge in [-0.25, -0.2) is 0 Å². The summed E-state index contributed by atoms with van der Waals surface area (Å²) in [5.74, 6) is 0.496. The third-order valence-electron chi connectivity index (χ3n) is 6.78. The van der Waals surface area contributed by atoms with E-state index in [4.69, 9.17) is 0 Å². The monoisotopic (exact) mass is 341 g/mol. The Labute approximate surface area is 151 Å². The van der Waals surface area contributed by atoms with Crippen molar-refractivity contribution in [1.29, 1.82) is 0 Å². The number of benzene rings is 1. The molecular formula is C21H31N3O. The van der Waals surface area contributed by atoms with Gasteiger partial charge in [-0.1, -0.05) is 37.3 Å². The molecule has 136 valence electrons. The van der Waals surface area contributed by atoms with Crippen molar-refractivity contribution in [2.24, 2.45) is 11.3 Å². The second kappa shape index (κ2) is 7.08. The number of hydrogen-bond donors (Lipinski definition) is 1. The number of fused-ring (bicyclic) bond motifs is 3. The SMILES string of the molecule is CC12CCN(CC1)C[C@H]2C(=O)NC1CCN(CCc2ccccc2)C1. The predicted octanol–water partition coefficient (Wildman–Crippen LogP) is 2.15. The predicted molar refractivity (Wildman–Crippen MR) is 100 cm³/mol. The minimum Gasteiger partial charge on any atom is -0.352 e. The van der Waals surface area contributed by atoms with Crippen molar-refractivity contribution >= 4 is 5.91 Å². The van der Waals surface area contributed by atoms with Gasteiger partial charge in [0.15, 0.2) is 0 Å². The van der Waals surface area contributed by atoms with Gasteiger partial charge in [0.1, 0.15) is 0 Å². The molecule has 4 aliphatic rings. The van der Waals surface area contributed by atoms with Crippen LogP contribution in [0.1, 0.15) is 31.7 Å². The van der Waals surface area contributed by atoms with Crippen LogP contribution < -0.4 is 5.32 Å². The number of amides is 1. The van der Waals surface area contributed by atoms with Crippen molar-refractivity contribution in [1.82, 2.24) is 15.1 Å². The highest BCUT2D eigenvalue weighted by Crippen LogP contribution is 2.43. The van der Waals surface area contributed by atoms with Gasteiger partial charge in [0, 0.05) is 32.2 Å². The first-order chi connectivity index (χ1) is 12.1. The molecule has 0 radical (unpaired) electrons. The van der Waals surface area contributed by atoms with Gasteiger partial charge in [0.25, 0.3) is 0 Å². The fraction of sp³-hybridized carbons (Fsp3) is 0.667. The largest absolute Gasteiger partial charge is 0.352 e. The topological polar surface area (TPSA) is 35.6 Å². The molecule has 4 nitrogen and oxygen atoms in total. The molecule has 4 saturated heterocycles. The average Bonchev–Trinajstić information content (AvgIpc) is 3.08. The molecular weight excluding hydrogens is 310 g/mol. The fourth-order valence-corrected chi connectivity index (χ4v) is 4.86. The van der Waals surface area contributed by atoms with Gasteiger partial charge in [-0.3, -0.25) is 4.79 Å². The third-order valence-corrected chi connectivity index (χ3v) is 6.78. The summed E-state index contributed by atoms with van der Waals surface area (Å²) >= 11 is 0. The zero-order valence-corrected chi connectivity index (χ0v) is 15.4. The van der Waals surface area contributed by atoms with Crippen molar-refractivity contribution in [2.45, 2.75) is 38.6 Å². The van der Waals surface area contributed by atoms with Crippen molar-refractivity contribution in [2.75, 3.05) is 39.3 Å². The number of hydrogen-bond acceptors (Lipinski definition) is 3. The second-order valence-electron chi connectivity index (χ2n) is 8.54. The Hall–Kier alpha value is -1.39. The van der Waals surface area contributed by atoms with Crippen LogP contribution in [-0.2, 0) is 11.2 Å². The molecule has 2 atom stereocenters. The Kier molecular flexibility index (Phi) is 4.83. The third kappa shape index (κ3) is 3.75. The average molecular weight is 341 g/mol.